The van der Waals surface area contributed by atoms with Crippen molar-refractivity contribution in [3.63, 3.8) is 0 Å². The number of hydrazone groups is 1. The molecule has 0 saturated carbocycles. The molecule has 3 nitrogen and oxygen atoms in total. The molecule has 1 N–H and O–H groups in total. The molecular formula is C13H9F4N3. The zero-order valence-corrected chi connectivity index (χ0v) is 10.3. The smallest absolute Gasteiger partial charge is 0.254 e. The summed E-state index contributed by atoms with van der Waals surface area (Å²) < 4.78 is 52.2. The molecule has 1 heterocycles. The fourth-order valence-electron chi connectivity index (χ4n) is 1.48. The quantitative estimate of drug-likeness (QED) is 0.406. The minimum absolute atomic E-state index is 0.691. The van der Waals surface area contributed by atoms with Gasteiger partial charge in [-0.05, 0) is 18.1 Å². The molecule has 0 amide bonds. The van der Waals surface area contributed by atoms with Crippen LogP contribution in [0.3, 0.4) is 0 Å². The maximum absolute atomic E-state index is 13.3. The molecule has 2 aromatic rings. The molecule has 0 aliphatic heterocycles. The lowest BCUT2D eigenvalue weighted by atomic mass is 10.1. The predicted octanol–water partition coefficient (Wildman–Crippen LogP) is 3.39. The SMILES string of the molecule is Cc1ccccc1/C=N/Nc1c(F)c(F)nc(F)c1F. The zero-order chi connectivity index (χ0) is 14.7. The summed E-state index contributed by atoms with van der Waals surface area (Å²) in [5.41, 5.74) is 2.48. The van der Waals surface area contributed by atoms with Crippen LogP contribution in [-0.2, 0) is 0 Å². The van der Waals surface area contributed by atoms with Crippen molar-refractivity contribution in [2.45, 2.75) is 6.92 Å². The van der Waals surface area contributed by atoms with Gasteiger partial charge in [-0.3, -0.25) is 5.43 Å². The molecule has 0 unspecified atom stereocenters. The second-order valence-electron chi connectivity index (χ2n) is 3.92. The van der Waals surface area contributed by atoms with Gasteiger partial charge in [-0.1, -0.05) is 24.3 Å². The van der Waals surface area contributed by atoms with Gasteiger partial charge in [-0.15, -0.1) is 0 Å². The molecule has 2 rings (SSSR count). The minimum atomic E-state index is -1.74. The van der Waals surface area contributed by atoms with Crippen LogP contribution in [0.5, 0.6) is 0 Å². The average molecular weight is 283 g/mol. The van der Waals surface area contributed by atoms with Crippen LogP contribution < -0.4 is 5.43 Å². The fourth-order valence-corrected chi connectivity index (χ4v) is 1.48. The van der Waals surface area contributed by atoms with Gasteiger partial charge in [0.15, 0.2) is 0 Å². The Morgan fingerprint density at radius 3 is 2.25 bits per heavy atom. The van der Waals surface area contributed by atoms with Gasteiger partial charge in [0.2, 0.25) is 11.6 Å². The first-order chi connectivity index (χ1) is 9.50. The van der Waals surface area contributed by atoms with Crippen molar-refractivity contribution >= 4 is 11.9 Å². The van der Waals surface area contributed by atoms with Gasteiger partial charge in [0, 0.05) is 0 Å². The molecular weight excluding hydrogens is 274 g/mol. The number of nitrogens with zero attached hydrogens (tertiary/aromatic N) is 2. The van der Waals surface area contributed by atoms with E-state index in [-0.39, 0.29) is 0 Å². The monoisotopic (exact) mass is 283 g/mol. The number of benzene rings is 1. The second kappa shape index (κ2) is 5.68. The lowest BCUT2D eigenvalue weighted by Crippen LogP contribution is -2.06. The summed E-state index contributed by atoms with van der Waals surface area (Å²) in [6.07, 6.45) is 1.28. The first-order valence-corrected chi connectivity index (χ1v) is 5.55. The number of hydrogen-bond donors (Lipinski definition) is 1. The third-order valence-electron chi connectivity index (χ3n) is 2.57. The molecule has 104 valence electrons. The van der Waals surface area contributed by atoms with Gasteiger partial charge < -0.3 is 0 Å². The predicted molar refractivity (Wildman–Crippen MR) is 66.5 cm³/mol. The number of hydrogen-bond acceptors (Lipinski definition) is 3. The van der Waals surface area contributed by atoms with Crippen LogP contribution in [0.2, 0.25) is 0 Å². The van der Waals surface area contributed by atoms with Crippen molar-refractivity contribution in [2.75, 3.05) is 5.43 Å². The summed E-state index contributed by atoms with van der Waals surface area (Å²) in [6.45, 7) is 1.81. The van der Waals surface area contributed by atoms with Crippen LogP contribution >= 0.6 is 0 Å². The van der Waals surface area contributed by atoms with Crippen LogP contribution in [0, 0.1) is 30.5 Å². The second-order valence-corrected chi connectivity index (χ2v) is 3.92. The van der Waals surface area contributed by atoms with E-state index in [2.05, 4.69) is 10.1 Å². The average Bonchev–Trinajstić information content (AvgIpc) is 2.42. The summed E-state index contributed by atoms with van der Waals surface area (Å²) in [6, 6.07) is 7.10. The Labute approximate surface area is 112 Å². The summed E-state index contributed by atoms with van der Waals surface area (Å²) in [5.74, 6) is -6.74. The lowest BCUT2D eigenvalue weighted by molar-refractivity contribution is 0.411. The van der Waals surface area contributed by atoms with Crippen molar-refractivity contribution in [2.24, 2.45) is 5.10 Å². The molecule has 0 saturated heterocycles. The third kappa shape index (κ3) is 2.76. The fraction of sp³-hybridized carbons (Fsp3) is 0.0769. The number of halogens is 4. The van der Waals surface area contributed by atoms with Gasteiger partial charge in [0.05, 0.1) is 6.21 Å². The van der Waals surface area contributed by atoms with Crippen molar-refractivity contribution in [1.29, 1.82) is 0 Å². The number of aromatic nitrogens is 1. The van der Waals surface area contributed by atoms with E-state index in [1.165, 1.54) is 6.21 Å². The van der Waals surface area contributed by atoms with Crippen molar-refractivity contribution in [3.8, 4) is 0 Å². The van der Waals surface area contributed by atoms with Gasteiger partial charge in [-0.25, -0.2) is 0 Å². The Bertz CT molecular complexity index is 645. The highest BCUT2D eigenvalue weighted by molar-refractivity contribution is 5.82. The van der Waals surface area contributed by atoms with E-state index in [1.54, 1.807) is 12.1 Å². The normalized spacial score (nSPS) is 11.1. The molecule has 1 aromatic heterocycles. The third-order valence-corrected chi connectivity index (χ3v) is 2.57. The van der Waals surface area contributed by atoms with E-state index in [1.807, 2.05) is 24.5 Å². The highest BCUT2D eigenvalue weighted by Gasteiger charge is 2.20. The molecule has 0 aliphatic rings. The highest BCUT2D eigenvalue weighted by atomic mass is 19.2. The first kappa shape index (κ1) is 14.0. The van der Waals surface area contributed by atoms with Crippen LogP contribution in [0.15, 0.2) is 29.4 Å². The van der Waals surface area contributed by atoms with Crippen LogP contribution in [-0.4, -0.2) is 11.2 Å². The van der Waals surface area contributed by atoms with Crippen LogP contribution in [0.25, 0.3) is 0 Å². The Balaban J connectivity index is 2.26. The van der Waals surface area contributed by atoms with Crippen molar-refractivity contribution in [3.05, 3.63) is 58.9 Å². The minimum Gasteiger partial charge on any atom is -0.272 e. The molecule has 0 fully saturated rings. The van der Waals surface area contributed by atoms with E-state index in [0.29, 0.717) is 5.56 Å². The molecule has 7 heteroatoms. The molecule has 0 spiro atoms. The van der Waals surface area contributed by atoms with Crippen molar-refractivity contribution < 1.29 is 17.6 Å². The van der Waals surface area contributed by atoms with Gasteiger partial charge >= 0.3 is 0 Å². The maximum atomic E-state index is 13.3. The summed E-state index contributed by atoms with van der Waals surface area (Å²) in [4.78, 5) is 2.44. The number of aryl methyl sites for hydroxylation is 1. The standard InChI is InChI=1S/C13H9F4N3/c1-7-4-2-3-5-8(7)6-18-20-11-9(14)12(16)19-13(17)10(11)15/h2-6H,1H3,(H,19,20)/b18-6+. The summed E-state index contributed by atoms with van der Waals surface area (Å²) >= 11 is 0. The van der Waals surface area contributed by atoms with E-state index in [4.69, 9.17) is 0 Å². The van der Waals surface area contributed by atoms with E-state index < -0.39 is 29.2 Å². The first-order valence-electron chi connectivity index (χ1n) is 5.55. The number of nitrogens with one attached hydrogen (secondary N) is 1. The largest absolute Gasteiger partial charge is 0.272 e. The summed E-state index contributed by atoms with van der Waals surface area (Å²) in [5, 5.41) is 3.56. The number of rotatable bonds is 3. The Morgan fingerprint density at radius 1 is 1.05 bits per heavy atom. The van der Waals surface area contributed by atoms with E-state index in [9.17, 15) is 17.6 Å². The molecule has 20 heavy (non-hydrogen) atoms. The molecule has 0 bridgehead atoms. The van der Waals surface area contributed by atoms with Crippen LogP contribution in [0.1, 0.15) is 11.1 Å². The number of pyridine rings is 1. The molecule has 0 atom stereocenters. The molecule has 0 radical (unpaired) electrons. The van der Waals surface area contributed by atoms with Crippen molar-refractivity contribution in [1.82, 2.24) is 4.98 Å². The lowest BCUT2D eigenvalue weighted by Gasteiger charge is -2.05. The van der Waals surface area contributed by atoms with Gasteiger partial charge in [-0.2, -0.15) is 27.6 Å². The number of anilines is 1. The van der Waals surface area contributed by atoms with Gasteiger partial charge in [0.25, 0.3) is 11.9 Å². The topological polar surface area (TPSA) is 37.3 Å². The maximum Gasteiger partial charge on any atom is 0.254 e. The molecule has 1 aromatic carbocycles. The highest BCUT2D eigenvalue weighted by Crippen LogP contribution is 2.21. The Hall–Kier alpha value is -2.44. The van der Waals surface area contributed by atoms with Crippen LogP contribution in [0.4, 0.5) is 23.2 Å². The van der Waals surface area contributed by atoms with E-state index in [0.717, 1.165) is 5.56 Å². The Morgan fingerprint density at radius 2 is 1.65 bits per heavy atom. The van der Waals surface area contributed by atoms with Gasteiger partial charge in [0.1, 0.15) is 5.69 Å². The zero-order valence-electron chi connectivity index (χ0n) is 10.3. The van der Waals surface area contributed by atoms with E-state index >= 15 is 0 Å². The Kier molecular flexibility index (Phi) is 3.97. The molecule has 0 aliphatic carbocycles. The summed E-state index contributed by atoms with van der Waals surface area (Å²) in [7, 11) is 0.